The summed E-state index contributed by atoms with van der Waals surface area (Å²) in [5.41, 5.74) is 1.76. The number of carbonyl (C=O) groups excluding carboxylic acids is 1. The van der Waals surface area contributed by atoms with E-state index < -0.39 is 11.7 Å². The standard InChI is InChI=1S/C25H24N4O4S/c1-25(2,3)33-24(30)27-17-11-12-19-21(14-17)28(15-18-8-6-7-13-26-18)16-23(19)34-22-10-5-4-9-20(22)29(31)32/h4-14,16H,15H2,1-3H3,(H,27,30). The van der Waals surface area contributed by atoms with Gasteiger partial charge >= 0.3 is 6.09 Å². The molecule has 0 aliphatic heterocycles. The van der Waals surface area contributed by atoms with Crippen molar-refractivity contribution in [2.75, 3.05) is 5.32 Å². The summed E-state index contributed by atoms with van der Waals surface area (Å²) >= 11 is 1.34. The number of carbonyl (C=O) groups is 1. The number of ether oxygens (including phenoxy) is 1. The molecular formula is C25H24N4O4S. The van der Waals surface area contributed by atoms with E-state index in [4.69, 9.17) is 4.74 Å². The number of benzene rings is 2. The Morgan fingerprint density at radius 1 is 1.12 bits per heavy atom. The fourth-order valence-corrected chi connectivity index (χ4v) is 4.54. The maximum absolute atomic E-state index is 12.3. The number of nitrogens with one attached hydrogen (secondary N) is 1. The normalized spacial score (nSPS) is 11.4. The highest BCUT2D eigenvalue weighted by Gasteiger charge is 2.19. The molecule has 0 saturated heterocycles. The van der Waals surface area contributed by atoms with Gasteiger partial charge in [0.1, 0.15) is 5.60 Å². The molecule has 9 heteroatoms. The average molecular weight is 477 g/mol. The van der Waals surface area contributed by atoms with Gasteiger partial charge in [0.25, 0.3) is 5.69 Å². The summed E-state index contributed by atoms with van der Waals surface area (Å²) in [7, 11) is 0. The van der Waals surface area contributed by atoms with E-state index in [-0.39, 0.29) is 10.6 Å². The zero-order chi connectivity index (χ0) is 24.3. The molecule has 0 atom stereocenters. The number of aromatic nitrogens is 2. The molecule has 0 aliphatic rings. The highest BCUT2D eigenvalue weighted by molar-refractivity contribution is 7.99. The minimum absolute atomic E-state index is 0.0568. The Kier molecular flexibility index (Phi) is 6.56. The van der Waals surface area contributed by atoms with Crippen LogP contribution in [0.15, 0.2) is 82.8 Å². The molecule has 0 aliphatic carbocycles. The molecule has 0 fully saturated rings. The van der Waals surface area contributed by atoms with Crippen LogP contribution in [-0.4, -0.2) is 26.2 Å². The van der Waals surface area contributed by atoms with Crippen LogP contribution in [0.2, 0.25) is 0 Å². The third-order valence-corrected chi connectivity index (χ3v) is 5.94. The Hall–Kier alpha value is -3.85. The van der Waals surface area contributed by atoms with Crippen LogP contribution in [0.4, 0.5) is 16.2 Å². The Morgan fingerprint density at radius 3 is 2.59 bits per heavy atom. The molecular weight excluding hydrogens is 452 g/mol. The predicted molar refractivity (Wildman–Crippen MR) is 132 cm³/mol. The number of pyridine rings is 1. The third kappa shape index (κ3) is 5.55. The molecule has 0 bridgehead atoms. The molecule has 8 nitrogen and oxygen atoms in total. The maximum Gasteiger partial charge on any atom is 0.412 e. The van der Waals surface area contributed by atoms with Crippen molar-refractivity contribution in [3.63, 3.8) is 0 Å². The lowest BCUT2D eigenvalue weighted by Crippen LogP contribution is -2.27. The van der Waals surface area contributed by atoms with Crippen molar-refractivity contribution in [1.29, 1.82) is 0 Å². The van der Waals surface area contributed by atoms with Crippen molar-refractivity contribution in [1.82, 2.24) is 9.55 Å². The van der Waals surface area contributed by atoms with Crippen LogP contribution in [-0.2, 0) is 11.3 Å². The van der Waals surface area contributed by atoms with Gasteiger partial charge in [-0.25, -0.2) is 4.79 Å². The molecule has 1 amide bonds. The Bertz CT molecular complexity index is 1350. The van der Waals surface area contributed by atoms with Crippen LogP contribution < -0.4 is 5.32 Å². The minimum Gasteiger partial charge on any atom is -0.444 e. The van der Waals surface area contributed by atoms with Gasteiger partial charge in [0.05, 0.1) is 27.6 Å². The molecule has 0 unspecified atom stereocenters. The molecule has 4 aromatic rings. The number of nitro groups is 1. The zero-order valence-electron chi connectivity index (χ0n) is 19.0. The molecule has 0 saturated carbocycles. The Balaban J connectivity index is 1.73. The summed E-state index contributed by atoms with van der Waals surface area (Å²) in [5.74, 6) is 0. The van der Waals surface area contributed by atoms with Crippen LogP contribution in [0.25, 0.3) is 10.9 Å². The summed E-state index contributed by atoms with van der Waals surface area (Å²) in [6, 6.07) is 17.9. The number of amides is 1. The fraction of sp³-hybridized carbons (Fsp3) is 0.200. The first-order valence-electron chi connectivity index (χ1n) is 10.6. The molecule has 2 aromatic heterocycles. The molecule has 34 heavy (non-hydrogen) atoms. The summed E-state index contributed by atoms with van der Waals surface area (Å²) in [6.07, 6.45) is 3.15. The van der Waals surface area contributed by atoms with Gasteiger partial charge in [-0.3, -0.25) is 20.4 Å². The lowest BCUT2D eigenvalue weighted by atomic mass is 10.2. The van der Waals surface area contributed by atoms with Crippen LogP contribution >= 0.6 is 11.8 Å². The van der Waals surface area contributed by atoms with Crippen LogP contribution in [0.3, 0.4) is 0 Å². The average Bonchev–Trinajstić information content (AvgIpc) is 3.09. The van der Waals surface area contributed by atoms with Gasteiger partial charge in [-0.2, -0.15) is 0 Å². The van der Waals surface area contributed by atoms with Gasteiger partial charge in [0.2, 0.25) is 0 Å². The molecule has 0 spiro atoms. The zero-order valence-corrected chi connectivity index (χ0v) is 19.8. The van der Waals surface area contributed by atoms with E-state index in [1.165, 1.54) is 17.8 Å². The van der Waals surface area contributed by atoms with Gasteiger partial charge in [0.15, 0.2) is 0 Å². The van der Waals surface area contributed by atoms with E-state index in [0.29, 0.717) is 17.1 Å². The maximum atomic E-state index is 12.3. The van der Waals surface area contributed by atoms with Crippen molar-refractivity contribution >= 4 is 40.1 Å². The van der Waals surface area contributed by atoms with Crippen LogP contribution in [0, 0.1) is 10.1 Å². The van der Waals surface area contributed by atoms with Crippen LogP contribution in [0.1, 0.15) is 26.5 Å². The first kappa shape index (κ1) is 23.3. The Labute approximate surface area is 201 Å². The number of fused-ring (bicyclic) bond motifs is 1. The monoisotopic (exact) mass is 476 g/mol. The van der Waals surface area contributed by atoms with Gasteiger partial charge in [-0.1, -0.05) is 30.0 Å². The third-order valence-electron chi connectivity index (χ3n) is 4.83. The lowest BCUT2D eigenvalue weighted by Gasteiger charge is -2.19. The second-order valence-corrected chi connectivity index (χ2v) is 9.71. The first-order chi connectivity index (χ1) is 16.2. The molecule has 174 valence electrons. The number of para-hydroxylation sites is 1. The van der Waals surface area contributed by atoms with Gasteiger partial charge in [0, 0.05) is 34.4 Å². The second-order valence-electron chi connectivity index (χ2n) is 8.63. The largest absolute Gasteiger partial charge is 0.444 e. The van der Waals surface area contributed by atoms with E-state index in [2.05, 4.69) is 10.3 Å². The van der Waals surface area contributed by atoms with Gasteiger partial charge < -0.3 is 9.30 Å². The number of nitro benzene ring substituents is 1. The highest BCUT2D eigenvalue weighted by Crippen LogP contribution is 2.40. The van der Waals surface area contributed by atoms with E-state index in [1.807, 2.05) is 41.1 Å². The minimum atomic E-state index is -0.610. The van der Waals surface area contributed by atoms with E-state index in [1.54, 1.807) is 51.2 Å². The lowest BCUT2D eigenvalue weighted by molar-refractivity contribution is -0.387. The highest BCUT2D eigenvalue weighted by atomic mass is 32.2. The number of rotatable bonds is 6. The Morgan fingerprint density at radius 2 is 1.88 bits per heavy atom. The van der Waals surface area contributed by atoms with Crippen molar-refractivity contribution in [3.05, 3.63) is 88.9 Å². The number of hydrogen-bond donors (Lipinski definition) is 1. The second kappa shape index (κ2) is 9.56. The summed E-state index contributed by atoms with van der Waals surface area (Å²) in [4.78, 5) is 29.2. The summed E-state index contributed by atoms with van der Waals surface area (Å²) < 4.78 is 7.39. The summed E-state index contributed by atoms with van der Waals surface area (Å²) in [5, 5.41) is 15.2. The van der Waals surface area contributed by atoms with Crippen molar-refractivity contribution < 1.29 is 14.5 Å². The van der Waals surface area contributed by atoms with Crippen molar-refractivity contribution in [3.8, 4) is 0 Å². The van der Waals surface area contributed by atoms with Crippen molar-refractivity contribution in [2.45, 2.75) is 42.7 Å². The summed E-state index contributed by atoms with van der Waals surface area (Å²) in [6.45, 7) is 5.92. The molecule has 4 rings (SSSR count). The quantitative estimate of drug-likeness (QED) is 0.252. The van der Waals surface area contributed by atoms with Crippen molar-refractivity contribution in [2.24, 2.45) is 0 Å². The van der Waals surface area contributed by atoms with Gasteiger partial charge in [-0.05, 0) is 57.2 Å². The fourth-order valence-electron chi connectivity index (χ4n) is 3.45. The van der Waals surface area contributed by atoms with E-state index in [0.717, 1.165) is 21.5 Å². The molecule has 2 heterocycles. The van der Waals surface area contributed by atoms with E-state index >= 15 is 0 Å². The number of nitrogens with zero attached hydrogens (tertiary/aromatic N) is 3. The smallest absolute Gasteiger partial charge is 0.412 e. The predicted octanol–water partition coefficient (Wildman–Crippen LogP) is 6.49. The van der Waals surface area contributed by atoms with Crippen LogP contribution in [0.5, 0.6) is 0 Å². The molecule has 2 aromatic carbocycles. The number of hydrogen-bond acceptors (Lipinski definition) is 6. The van der Waals surface area contributed by atoms with Gasteiger partial charge in [-0.15, -0.1) is 0 Å². The van der Waals surface area contributed by atoms with E-state index in [9.17, 15) is 14.9 Å². The molecule has 0 radical (unpaired) electrons. The molecule has 1 N–H and O–H groups in total. The number of anilines is 1. The first-order valence-corrected chi connectivity index (χ1v) is 11.5. The SMILES string of the molecule is CC(C)(C)OC(=O)Nc1ccc2c(Sc3ccccc3[N+](=O)[O-])cn(Cc3ccccn3)c2c1. The topological polar surface area (TPSA) is 99.3 Å².